The summed E-state index contributed by atoms with van der Waals surface area (Å²) in [4.78, 5) is 12.2. The van der Waals surface area contributed by atoms with Gasteiger partial charge in [0.05, 0.1) is 0 Å². The molecular formula is C5H13N3O3. The van der Waals surface area contributed by atoms with Crippen LogP contribution in [0.4, 0.5) is 4.79 Å². The smallest absolute Gasteiger partial charge is 0.448 e. The Morgan fingerprint density at radius 3 is 1.64 bits per heavy atom. The molecule has 11 heavy (non-hydrogen) atoms. The van der Waals surface area contributed by atoms with E-state index in [4.69, 9.17) is 9.90 Å². The normalized spacial score (nSPS) is 16.1. The molecule has 0 radical (unpaired) electrons. The van der Waals surface area contributed by atoms with Gasteiger partial charge >= 0.3 is 6.16 Å². The maximum absolute atomic E-state index is 9.02. The van der Waals surface area contributed by atoms with Gasteiger partial charge in [0.1, 0.15) is 0 Å². The molecule has 1 rings (SSSR count). The molecule has 0 amide bonds. The Hall–Kier alpha value is -0.850. The second-order valence-corrected chi connectivity index (χ2v) is 1.88. The summed E-state index contributed by atoms with van der Waals surface area (Å²) in [7, 11) is 0. The molecule has 1 saturated heterocycles. The van der Waals surface area contributed by atoms with Gasteiger partial charge < -0.3 is 20.6 Å². The molecule has 0 aliphatic carbocycles. The Labute approximate surface area is 64.7 Å². The van der Waals surface area contributed by atoms with E-state index in [1.54, 1.807) is 0 Å². The zero-order chi connectivity index (χ0) is 8.53. The maximum Gasteiger partial charge on any atom is 0.524 e. The van der Waals surface area contributed by atoms with E-state index in [0.29, 0.717) is 0 Å². The zero-order valence-corrected chi connectivity index (χ0v) is 6.17. The van der Waals surface area contributed by atoms with Crippen LogP contribution in [0.15, 0.2) is 0 Å². The van der Waals surface area contributed by atoms with Crippen LogP contribution < -0.4 is 16.5 Å². The highest BCUT2D eigenvalue weighted by atomic mass is 16.7. The van der Waals surface area contributed by atoms with Crippen molar-refractivity contribution >= 4 is 6.16 Å². The van der Waals surface area contributed by atoms with E-state index in [-0.39, 0.29) is 0 Å². The van der Waals surface area contributed by atoms with Gasteiger partial charge in [-0.2, -0.15) is 5.90 Å². The van der Waals surface area contributed by atoms with Crippen molar-refractivity contribution in [1.82, 2.24) is 10.6 Å². The van der Waals surface area contributed by atoms with E-state index in [9.17, 15) is 0 Å². The highest BCUT2D eigenvalue weighted by Gasteiger charge is 1.91. The first kappa shape index (κ1) is 10.2. The summed E-state index contributed by atoms with van der Waals surface area (Å²) < 4.78 is 0. The van der Waals surface area contributed by atoms with Crippen molar-refractivity contribution in [2.45, 2.75) is 0 Å². The lowest BCUT2D eigenvalue weighted by Crippen LogP contribution is -2.39. The summed E-state index contributed by atoms with van der Waals surface area (Å²) in [6, 6.07) is 0. The molecule has 0 atom stereocenters. The van der Waals surface area contributed by atoms with Gasteiger partial charge in [-0.3, -0.25) is 0 Å². The van der Waals surface area contributed by atoms with Crippen LogP contribution in [0.25, 0.3) is 0 Å². The quantitative estimate of drug-likeness (QED) is 0.333. The predicted molar refractivity (Wildman–Crippen MR) is 39.0 cm³/mol. The Kier molecular flexibility index (Phi) is 6.70. The van der Waals surface area contributed by atoms with Gasteiger partial charge in [0.2, 0.25) is 0 Å². The average Bonchev–Trinajstić information content (AvgIpc) is 2.09. The monoisotopic (exact) mass is 163 g/mol. The summed E-state index contributed by atoms with van der Waals surface area (Å²) in [6.45, 7) is 4.56. The van der Waals surface area contributed by atoms with Crippen LogP contribution in [0, 0.1) is 0 Å². The highest BCUT2D eigenvalue weighted by Crippen LogP contribution is 1.65. The number of carboxylic acid groups (broad SMARTS) is 1. The topological polar surface area (TPSA) is 96.6 Å². The van der Waals surface area contributed by atoms with Crippen molar-refractivity contribution in [2.75, 3.05) is 26.2 Å². The molecule has 0 aromatic carbocycles. The molecule has 0 spiro atoms. The van der Waals surface area contributed by atoms with Gasteiger partial charge in [-0.05, 0) is 0 Å². The Bertz CT molecular complexity index is 93.6. The van der Waals surface area contributed by atoms with Crippen LogP contribution >= 0.6 is 0 Å². The number of nitrogens with two attached hydrogens (primary N) is 1. The van der Waals surface area contributed by atoms with Crippen molar-refractivity contribution in [1.29, 1.82) is 0 Å². The molecule has 0 aromatic heterocycles. The van der Waals surface area contributed by atoms with E-state index in [1.165, 1.54) is 0 Å². The number of rotatable bonds is 0. The lowest BCUT2D eigenvalue weighted by Gasteiger charge is -2.11. The second kappa shape index (κ2) is 7.26. The van der Waals surface area contributed by atoms with Crippen molar-refractivity contribution < 1.29 is 14.7 Å². The fourth-order valence-electron chi connectivity index (χ4n) is 0.604. The van der Waals surface area contributed by atoms with E-state index < -0.39 is 6.16 Å². The average molecular weight is 163 g/mol. The Balaban J connectivity index is 0.000000187. The molecular weight excluding hydrogens is 150 g/mol. The van der Waals surface area contributed by atoms with Crippen LogP contribution in [0.1, 0.15) is 0 Å². The van der Waals surface area contributed by atoms with Gasteiger partial charge in [-0.1, -0.05) is 0 Å². The molecule has 1 aliphatic heterocycles. The van der Waals surface area contributed by atoms with Gasteiger partial charge in [0.15, 0.2) is 0 Å². The van der Waals surface area contributed by atoms with Crippen LogP contribution in [-0.2, 0) is 4.84 Å². The Morgan fingerprint density at radius 2 is 1.55 bits per heavy atom. The van der Waals surface area contributed by atoms with E-state index >= 15 is 0 Å². The number of piperazine rings is 1. The summed E-state index contributed by atoms with van der Waals surface area (Å²) in [5.41, 5.74) is 0. The first-order chi connectivity index (χ1) is 5.27. The third kappa shape index (κ3) is 9.15. The molecule has 1 fully saturated rings. The molecule has 6 heteroatoms. The standard InChI is InChI=1S/C4H10N2.CH3NO3/c1-2-6-4-3-5-1;2-5-1(3)4/h5-6H,1-4H2;2H2,(H,3,4). The molecule has 1 heterocycles. The highest BCUT2D eigenvalue weighted by molar-refractivity contribution is 5.56. The molecule has 0 bridgehead atoms. The molecule has 0 saturated carbocycles. The van der Waals surface area contributed by atoms with E-state index in [2.05, 4.69) is 21.4 Å². The number of carbonyl (C=O) groups is 1. The minimum absolute atomic E-state index is 1.14. The summed E-state index contributed by atoms with van der Waals surface area (Å²) in [5.74, 6) is 4.07. The van der Waals surface area contributed by atoms with Gasteiger partial charge in [-0.25, -0.2) is 4.79 Å². The fourth-order valence-corrected chi connectivity index (χ4v) is 0.604. The van der Waals surface area contributed by atoms with Gasteiger partial charge in [-0.15, -0.1) is 0 Å². The Morgan fingerprint density at radius 1 is 1.27 bits per heavy atom. The van der Waals surface area contributed by atoms with Crippen LogP contribution in [-0.4, -0.2) is 37.4 Å². The molecule has 5 N–H and O–H groups in total. The zero-order valence-electron chi connectivity index (χ0n) is 6.17. The van der Waals surface area contributed by atoms with Gasteiger partial charge in [0, 0.05) is 26.2 Å². The SMILES string of the molecule is C1CNCCN1.NOC(=O)O. The van der Waals surface area contributed by atoms with Crippen LogP contribution in [0.3, 0.4) is 0 Å². The largest absolute Gasteiger partial charge is 0.524 e. The van der Waals surface area contributed by atoms with Crippen LogP contribution in [0.2, 0.25) is 0 Å². The number of hydrogen-bond acceptors (Lipinski definition) is 5. The number of nitrogens with one attached hydrogen (secondary N) is 2. The number of hydrogen-bond donors (Lipinski definition) is 4. The molecule has 0 unspecified atom stereocenters. The maximum atomic E-state index is 9.02. The molecule has 66 valence electrons. The predicted octanol–water partition coefficient (Wildman–Crippen LogP) is -1.27. The third-order valence-electron chi connectivity index (χ3n) is 1.06. The minimum Gasteiger partial charge on any atom is -0.448 e. The summed E-state index contributed by atoms with van der Waals surface area (Å²) in [6.07, 6.45) is -1.47. The van der Waals surface area contributed by atoms with Gasteiger partial charge in [0.25, 0.3) is 0 Å². The lowest BCUT2D eigenvalue weighted by molar-refractivity contribution is 0.0921. The second-order valence-electron chi connectivity index (χ2n) is 1.88. The van der Waals surface area contributed by atoms with Crippen molar-refractivity contribution in [2.24, 2.45) is 5.90 Å². The van der Waals surface area contributed by atoms with Crippen molar-refractivity contribution in [3.8, 4) is 0 Å². The van der Waals surface area contributed by atoms with E-state index in [1.807, 2.05) is 0 Å². The van der Waals surface area contributed by atoms with Crippen LogP contribution in [0.5, 0.6) is 0 Å². The van der Waals surface area contributed by atoms with E-state index in [0.717, 1.165) is 26.2 Å². The first-order valence-corrected chi connectivity index (χ1v) is 3.28. The molecule has 1 aliphatic rings. The van der Waals surface area contributed by atoms with Crippen molar-refractivity contribution in [3.63, 3.8) is 0 Å². The first-order valence-electron chi connectivity index (χ1n) is 3.28. The molecule has 6 nitrogen and oxygen atoms in total. The third-order valence-corrected chi connectivity index (χ3v) is 1.06. The van der Waals surface area contributed by atoms with Crippen molar-refractivity contribution in [3.05, 3.63) is 0 Å². The summed E-state index contributed by atoms with van der Waals surface area (Å²) >= 11 is 0. The lowest BCUT2D eigenvalue weighted by atomic mass is 10.4. The fraction of sp³-hybridized carbons (Fsp3) is 0.800. The minimum atomic E-state index is -1.47. The molecule has 0 aromatic rings. The summed E-state index contributed by atoms with van der Waals surface area (Å²) in [5, 5.41) is 13.8.